The Morgan fingerprint density at radius 3 is 2.69 bits per heavy atom. The van der Waals surface area contributed by atoms with E-state index in [0.29, 0.717) is 31.3 Å². The molecule has 0 saturated carbocycles. The molecular formula is C31H37BN6O4. The first-order valence-electron chi connectivity index (χ1n) is 14.7. The maximum Gasteiger partial charge on any atom is 0.282 e. The van der Waals surface area contributed by atoms with Crippen molar-refractivity contribution in [3.05, 3.63) is 70.3 Å². The number of nitriles is 1. The minimum Gasteiger partial charge on any atom is -0.350 e. The average molecular weight is 568 g/mol. The van der Waals surface area contributed by atoms with Crippen LogP contribution in [0.5, 0.6) is 0 Å². The van der Waals surface area contributed by atoms with E-state index in [2.05, 4.69) is 34.1 Å². The van der Waals surface area contributed by atoms with Crippen LogP contribution in [0.25, 0.3) is 0 Å². The van der Waals surface area contributed by atoms with Crippen LogP contribution in [0.3, 0.4) is 0 Å². The lowest BCUT2D eigenvalue weighted by atomic mass is 9.43. The minimum atomic E-state index is -0.487. The lowest BCUT2D eigenvalue weighted by molar-refractivity contribution is -0.135. The predicted octanol–water partition coefficient (Wildman–Crippen LogP) is 1.66. The van der Waals surface area contributed by atoms with Crippen molar-refractivity contribution in [3.63, 3.8) is 0 Å². The topological polar surface area (TPSA) is 157 Å². The van der Waals surface area contributed by atoms with Gasteiger partial charge in [0.15, 0.2) is 0 Å². The van der Waals surface area contributed by atoms with Gasteiger partial charge in [-0.3, -0.25) is 19.2 Å². The summed E-state index contributed by atoms with van der Waals surface area (Å²) in [6, 6.07) is 13.3. The number of rotatable bonds is 7. The van der Waals surface area contributed by atoms with Crippen molar-refractivity contribution in [3.8, 4) is 5.97 Å². The largest absolute Gasteiger partial charge is 0.350 e. The molecule has 11 heteroatoms. The number of hydrogen-bond donors (Lipinski definition) is 4. The van der Waals surface area contributed by atoms with Crippen LogP contribution in [-0.4, -0.2) is 60.4 Å². The first-order valence-corrected chi connectivity index (χ1v) is 14.7. The van der Waals surface area contributed by atoms with E-state index >= 15 is 0 Å². The number of nitrogens with two attached hydrogens (primary N) is 1. The molecule has 0 aromatic heterocycles. The van der Waals surface area contributed by atoms with E-state index in [1.54, 1.807) is 17.0 Å². The molecule has 0 spiro atoms. The van der Waals surface area contributed by atoms with E-state index in [9.17, 15) is 24.4 Å². The summed E-state index contributed by atoms with van der Waals surface area (Å²) in [5.74, 6) is 0.806. The minimum absolute atomic E-state index is 0.0500. The van der Waals surface area contributed by atoms with E-state index in [0.717, 1.165) is 36.0 Å². The van der Waals surface area contributed by atoms with Gasteiger partial charge < -0.3 is 26.6 Å². The van der Waals surface area contributed by atoms with E-state index in [1.807, 2.05) is 25.1 Å². The van der Waals surface area contributed by atoms with Crippen molar-refractivity contribution >= 4 is 30.3 Å². The fraction of sp³-hybridized carbons (Fsp3) is 0.452. The number of nitrogens with zero attached hydrogens (tertiary/aromatic N) is 2. The van der Waals surface area contributed by atoms with Crippen LogP contribution in [-0.2, 0) is 33.8 Å². The molecule has 2 aromatic carbocycles. The molecule has 1 aliphatic carbocycles. The highest BCUT2D eigenvalue weighted by Crippen LogP contribution is 2.35. The number of fused-ring (bicyclic) bond motifs is 2. The summed E-state index contributed by atoms with van der Waals surface area (Å²) in [5, 5.41) is 18.6. The normalized spacial score (nSPS) is 22.8. The van der Waals surface area contributed by atoms with Gasteiger partial charge in [-0.1, -0.05) is 30.3 Å². The molecule has 0 bridgehead atoms. The van der Waals surface area contributed by atoms with Gasteiger partial charge in [-0.05, 0) is 79.7 Å². The smallest absolute Gasteiger partial charge is 0.282 e. The van der Waals surface area contributed by atoms with Gasteiger partial charge >= 0.3 is 0 Å². The zero-order chi connectivity index (χ0) is 29.8. The van der Waals surface area contributed by atoms with Gasteiger partial charge in [-0.15, -0.1) is 0 Å². The summed E-state index contributed by atoms with van der Waals surface area (Å²) < 4.78 is 0. The van der Waals surface area contributed by atoms with Crippen LogP contribution < -0.4 is 21.7 Å². The predicted molar refractivity (Wildman–Crippen MR) is 158 cm³/mol. The molecule has 2 aromatic rings. The summed E-state index contributed by atoms with van der Waals surface area (Å²) in [6.07, 6.45) is 4.34. The molecule has 1 fully saturated rings. The zero-order valence-corrected chi connectivity index (χ0v) is 23.9. The van der Waals surface area contributed by atoms with Gasteiger partial charge in [-0.25, -0.2) is 5.26 Å². The second-order valence-electron chi connectivity index (χ2n) is 11.7. The van der Waals surface area contributed by atoms with E-state index in [4.69, 9.17) is 5.73 Å². The fourth-order valence-electron chi connectivity index (χ4n) is 6.60. The van der Waals surface area contributed by atoms with Crippen LogP contribution in [0.4, 0.5) is 0 Å². The molecule has 4 unspecified atom stereocenters. The van der Waals surface area contributed by atoms with Crippen molar-refractivity contribution < 1.29 is 19.2 Å². The van der Waals surface area contributed by atoms with Crippen molar-refractivity contribution in [2.24, 2.45) is 5.73 Å². The molecule has 5 rings (SSSR count). The highest BCUT2D eigenvalue weighted by Gasteiger charge is 2.43. The van der Waals surface area contributed by atoms with Crippen molar-refractivity contribution in [1.82, 2.24) is 20.9 Å². The van der Waals surface area contributed by atoms with Crippen LogP contribution in [0.15, 0.2) is 42.5 Å². The Labute approximate surface area is 246 Å². The molecule has 4 atom stereocenters. The second-order valence-corrected chi connectivity index (χ2v) is 11.7. The molecular weight excluding hydrogens is 531 g/mol. The monoisotopic (exact) mass is 568 g/mol. The summed E-state index contributed by atoms with van der Waals surface area (Å²) in [4.78, 5) is 52.5. The molecule has 4 amide bonds. The maximum atomic E-state index is 13.3. The Morgan fingerprint density at radius 1 is 1.10 bits per heavy atom. The number of aryl methyl sites for hydroxylation is 1. The maximum absolute atomic E-state index is 13.3. The fourth-order valence-corrected chi connectivity index (χ4v) is 6.60. The molecule has 0 radical (unpaired) electrons. The second kappa shape index (κ2) is 12.8. The van der Waals surface area contributed by atoms with Crippen molar-refractivity contribution in [2.75, 3.05) is 13.1 Å². The molecule has 3 aliphatic rings. The number of benzene rings is 2. The Kier molecular flexibility index (Phi) is 8.93. The Balaban J connectivity index is 1.21. The van der Waals surface area contributed by atoms with Crippen molar-refractivity contribution in [2.45, 2.75) is 75.8 Å². The first-order chi connectivity index (χ1) is 20.3. The molecule has 10 nitrogen and oxygen atoms in total. The van der Waals surface area contributed by atoms with Gasteiger partial charge in [0.2, 0.25) is 17.7 Å². The summed E-state index contributed by atoms with van der Waals surface area (Å²) >= 11 is 0. The summed E-state index contributed by atoms with van der Waals surface area (Å²) in [5.41, 5.74) is 10.1. The Morgan fingerprint density at radius 2 is 1.90 bits per heavy atom. The van der Waals surface area contributed by atoms with Gasteiger partial charge in [0.05, 0.1) is 19.1 Å². The summed E-state index contributed by atoms with van der Waals surface area (Å²) in [7, 11) is 0. The molecule has 1 saturated heterocycles. The van der Waals surface area contributed by atoms with Gasteiger partial charge in [0.25, 0.3) is 12.6 Å². The molecule has 2 aliphatic heterocycles. The highest BCUT2D eigenvalue weighted by molar-refractivity contribution is 6.72. The molecule has 2 heterocycles. The Bertz CT molecular complexity index is 1420. The number of nitrogens with one attached hydrogen (secondary N) is 3. The number of amides is 4. The van der Waals surface area contributed by atoms with E-state index in [-0.39, 0.29) is 48.9 Å². The lowest BCUT2D eigenvalue weighted by Crippen LogP contribution is -2.47. The molecule has 218 valence electrons. The third kappa shape index (κ3) is 6.34. The van der Waals surface area contributed by atoms with Crippen LogP contribution >= 0.6 is 0 Å². The number of carbonyl (C=O) groups is 4. The third-order valence-electron chi connectivity index (χ3n) is 8.89. The van der Waals surface area contributed by atoms with Gasteiger partial charge in [0, 0.05) is 36.0 Å². The van der Waals surface area contributed by atoms with Crippen LogP contribution in [0.1, 0.15) is 64.8 Å². The quantitative estimate of drug-likeness (QED) is 0.372. The third-order valence-corrected chi connectivity index (χ3v) is 8.89. The van der Waals surface area contributed by atoms with Gasteiger partial charge in [-0.2, -0.15) is 0 Å². The first kappa shape index (κ1) is 29.3. The Hall–Kier alpha value is -4.17. The highest BCUT2D eigenvalue weighted by atomic mass is 16.2. The lowest BCUT2D eigenvalue weighted by Gasteiger charge is -2.35. The molecule has 5 N–H and O–H groups in total. The van der Waals surface area contributed by atoms with Gasteiger partial charge in [0.1, 0.15) is 0 Å². The van der Waals surface area contributed by atoms with E-state index in [1.165, 1.54) is 5.56 Å². The average Bonchev–Trinajstić information content (AvgIpc) is 3.42. The molecule has 42 heavy (non-hydrogen) atoms. The SMILES string of the molecule is CC1Cc2ccc(C(=O)NC3CB(C#N)C(C(=O)NC4CCCc5ccccc54)C3)cc2CN1C(=O)CNC(=O)CN. The number of carbonyl (C=O) groups excluding carboxylic acids is 4. The summed E-state index contributed by atoms with van der Waals surface area (Å²) in [6.45, 7) is 1.51. The van der Waals surface area contributed by atoms with Crippen molar-refractivity contribution in [1.29, 1.82) is 5.26 Å². The number of hydrogen-bond acceptors (Lipinski definition) is 6. The van der Waals surface area contributed by atoms with E-state index < -0.39 is 18.4 Å². The standard InChI is InChI=1S/C31H37BN6O4/c1-19-11-21-9-10-22(12-23(21)17-38(19)29(40)16-35-28(39)15-33)30(41)36-24-13-26(32(14-24)18-34)31(42)37-27-8-4-6-20-5-2-3-7-25(20)27/h2-3,5,7,9-10,12,19,24,26-27H,4,6,8,11,13-17,33H2,1H3,(H,35,39)(H,36,41)(H,37,42). The van der Waals surface area contributed by atoms with Crippen LogP contribution in [0.2, 0.25) is 12.1 Å². The zero-order valence-electron chi connectivity index (χ0n) is 23.9. The van der Waals surface area contributed by atoms with Crippen LogP contribution in [0, 0.1) is 11.2 Å².